The summed E-state index contributed by atoms with van der Waals surface area (Å²) in [5.41, 5.74) is 2.48. The number of ether oxygens (including phenoxy) is 7. The number of nitrogens with zero attached hydrogens (tertiary/aromatic N) is 1. The Morgan fingerprint density at radius 2 is 1.57 bits per heavy atom. The zero-order valence-corrected chi connectivity index (χ0v) is 27.2. The molecule has 1 amide bonds. The Hall–Kier alpha value is -4.00. The minimum absolute atomic E-state index is 0.00809. The average molecular weight is 650 g/mol. The molecule has 5 atom stereocenters. The number of anilines is 1. The molecule has 47 heavy (non-hydrogen) atoms. The summed E-state index contributed by atoms with van der Waals surface area (Å²) in [6, 6.07) is 26.2. The Kier molecular flexibility index (Phi) is 11.2. The van der Waals surface area contributed by atoms with Crippen LogP contribution in [0.4, 0.5) is 10.5 Å². The molecule has 3 aromatic carbocycles. The summed E-state index contributed by atoms with van der Waals surface area (Å²) < 4.78 is 40.4. The van der Waals surface area contributed by atoms with E-state index in [-0.39, 0.29) is 38.8 Å². The second kappa shape index (κ2) is 15.3. The van der Waals surface area contributed by atoms with Crippen molar-refractivity contribution >= 4 is 17.7 Å². The van der Waals surface area contributed by atoms with Crippen LogP contribution in [0.1, 0.15) is 38.3 Å². The number of aliphatic hydroxyl groups is 1. The number of methoxy groups -OCH3 is 1. The van der Waals surface area contributed by atoms with Gasteiger partial charge in [0.15, 0.2) is 5.79 Å². The Bertz CT molecular complexity index is 1450. The van der Waals surface area contributed by atoms with Crippen molar-refractivity contribution in [1.29, 1.82) is 0 Å². The van der Waals surface area contributed by atoms with Crippen LogP contribution in [0.15, 0.2) is 84.9 Å². The van der Waals surface area contributed by atoms with Gasteiger partial charge in [0.25, 0.3) is 5.79 Å². The van der Waals surface area contributed by atoms with Crippen molar-refractivity contribution < 1.29 is 47.9 Å². The lowest BCUT2D eigenvalue weighted by Gasteiger charge is -2.45. The van der Waals surface area contributed by atoms with Gasteiger partial charge in [-0.3, -0.25) is 4.90 Å². The number of aliphatic hydroxyl groups excluding tert-OH is 1. The van der Waals surface area contributed by atoms with Crippen LogP contribution in [0.25, 0.3) is 0 Å². The lowest BCUT2D eigenvalue weighted by atomic mass is 9.86. The summed E-state index contributed by atoms with van der Waals surface area (Å²) in [4.78, 5) is 27.8. The molecule has 2 heterocycles. The molecular formula is C36H43NO10. The molecule has 0 radical (unpaired) electrons. The molecule has 0 spiro atoms. The van der Waals surface area contributed by atoms with Crippen LogP contribution in [-0.2, 0) is 46.4 Å². The molecule has 11 heteroatoms. The maximum atomic E-state index is 13.2. The van der Waals surface area contributed by atoms with E-state index < -0.39 is 41.9 Å². The largest absolute Gasteiger partial charge is 0.491 e. The van der Waals surface area contributed by atoms with Crippen molar-refractivity contribution in [2.24, 2.45) is 5.92 Å². The van der Waals surface area contributed by atoms with Gasteiger partial charge in [-0.25, -0.2) is 9.59 Å². The van der Waals surface area contributed by atoms with Gasteiger partial charge in [-0.05, 0) is 55.2 Å². The summed E-state index contributed by atoms with van der Waals surface area (Å²) in [6.07, 6.45) is -2.75. The molecule has 5 rings (SSSR count). The van der Waals surface area contributed by atoms with E-state index in [0.29, 0.717) is 18.0 Å². The third-order valence-corrected chi connectivity index (χ3v) is 8.17. The molecule has 11 nitrogen and oxygen atoms in total. The van der Waals surface area contributed by atoms with Crippen LogP contribution in [0.5, 0.6) is 5.75 Å². The summed E-state index contributed by atoms with van der Waals surface area (Å²) >= 11 is 0. The highest BCUT2D eigenvalue weighted by atomic mass is 16.8. The van der Waals surface area contributed by atoms with Crippen molar-refractivity contribution in [1.82, 2.24) is 0 Å². The number of hydrogen-bond donors (Lipinski definition) is 1. The molecule has 2 aliphatic rings. The number of amides is 1. The zero-order valence-electron chi connectivity index (χ0n) is 27.2. The van der Waals surface area contributed by atoms with Gasteiger partial charge in [0.05, 0.1) is 33.0 Å². The van der Waals surface area contributed by atoms with Crippen molar-refractivity contribution in [3.8, 4) is 5.75 Å². The van der Waals surface area contributed by atoms with Gasteiger partial charge in [0, 0.05) is 12.1 Å². The average Bonchev–Trinajstić information content (AvgIpc) is 3.46. The van der Waals surface area contributed by atoms with E-state index in [1.807, 2.05) is 67.6 Å². The van der Waals surface area contributed by atoms with Crippen molar-refractivity contribution in [3.05, 3.63) is 96.1 Å². The van der Waals surface area contributed by atoms with Crippen molar-refractivity contribution in [2.75, 3.05) is 31.8 Å². The van der Waals surface area contributed by atoms with E-state index in [2.05, 4.69) is 0 Å². The molecule has 3 aromatic rings. The van der Waals surface area contributed by atoms with E-state index in [4.69, 9.17) is 33.2 Å². The number of rotatable bonds is 12. The molecule has 0 aromatic heterocycles. The first kappa shape index (κ1) is 34.3. The van der Waals surface area contributed by atoms with Gasteiger partial charge < -0.3 is 38.3 Å². The molecular weight excluding hydrogens is 606 g/mol. The molecule has 2 fully saturated rings. The van der Waals surface area contributed by atoms with E-state index in [9.17, 15) is 14.7 Å². The van der Waals surface area contributed by atoms with Crippen LogP contribution in [-0.4, -0.2) is 74.0 Å². The van der Waals surface area contributed by atoms with Gasteiger partial charge in [-0.2, -0.15) is 0 Å². The maximum Gasteiger partial charge on any atom is 0.414 e. The van der Waals surface area contributed by atoms with Crippen LogP contribution in [0.3, 0.4) is 0 Å². The fraction of sp³-hybridized carbons (Fsp3) is 0.444. The molecule has 1 unspecified atom stereocenters. The van der Waals surface area contributed by atoms with Gasteiger partial charge in [0.2, 0.25) is 0 Å². The standard InChI is InChI=1S/C36H43NO10/c1-25-21-36(33(39)41-4,47-32(31(25)38)30-24-45-35(2,3)46-30)44-20-19-42-29-17-15-28(16-18-29)37(22-26-11-7-5-8-12-26)34(40)43-23-27-13-9-6-10-14-27/h5-18,25,30-32,38H,19-24H2,1-4H3/t25-,30-,31-,32?,36-/m1/s1. The Balaban J connectivity index is 1.21. The van der Waals surface area contributed by atoms with E-state index in [0.717, 1.165) is 11.1 Å². The number of hydrogen-bond acceptors (Lipinski definition) is 10. The second-order valence-corrected chi connectivity index (χ2v) is 12.2. The molecule has 0 aliphatic carbocycles. The first-order valence-electron chi connectivity index (χ1n) is 15.7. The first-order valence-corrected chi connectivity index (χ1v) is 15.7. The Morgan fingerprint density at radius 1 is 0.915 bits per heavy atom. The minimum atomic E-state index is -1.75. The number of carbonyl (C=O) groups is 2. The number of benzene rings is 3. The summed E-state index contributed by atoms with van der Waals surface area (Å²) in [6.45, 7) is 6.13. The summed E-state index contributed by atoms with van der Waals surface area (Å²) in [7, 11) is 1.26. The lowest BCUT2D eigenvalue weighted by molar-refractivity contribution is -0.319. The van der Waals surface area contributed by atoms with Crippen molar-refractivity contribution in [2.45, 2.75) is 70.2 Å². The van der Waals surface area contributed by atoms with Crippen LogP contribution in [0.2, 0.25) is 0 Å². The van der Waals surface area contributed by atoms with Crippen molar-refractivity contribution in [3.63, 3.8) is 0 Å². The topological polar surface area (TPSA) is 122 Å². The molecule has 1 N–H and O–H groups in total. The molecule has 2 aliphatic heterocycles. The molecule has 252 valence electrons. The molecule has 0 saturated carbocycles. The Labute approximate surface area is 275 Å². The zero-order chi connectivity index (χ0) is 33.4. The van der Waals surface area contributed by atoms with Gasteiger partial charge in [-0.15, -0.1) is 0 Å². The third-order valence-electron chi connectivity index (χ3n) is 8.17. The SMILES string of the molecule is COC(=O)[C@@]1(OCCOc2ccc(N(Cc3ccccc3)C(=O)OCc3ccccc3)cc2)C[C@@H](C)[C@@H](O)C([C@H]2COC(C)(C)O2)O1. The summed E-state index contributed by atoms with van der Waals surface area (Å²) in [5, 5.41) is 10.9. The van der Waals surface area contributed by atoms with Crippen LogP contribution >= 0.6 is 0 Å². The predicted molar refractivity (Wildman–Crippen MR) is 171 cm³/mol. The molecule has 0 bridgehead atoms. The van der Waals surface area contributed by atoms with Crippen LogP contribution < -0.4 is 9.64 Å². The van der Waals surface area contributed by atoms with E-state index >= 15 is 0 Å². The minimum Gasteiger partial charge on any atom is -0.491 e. The first-order chi connectivity index (χ1) is 22.6. The van der Waals surface area contributed by atoms with Gasteiger partial charge in [-0.1, -0.05) is 67.6 Å². The predicted octanol–water partition coefficient (Wildman–Crippen LogP) is 5.23. The van der Waals surface area contributed by atoms with E-state index in [1.165, 1.54) is 7.11 Å². The lowest BCUT2D eigenvalue weighted by Crippen LogP contribution is -2.61. The normalized spacial score (nSPS) is 25.1. The maximum absolute atomic E-state index is 13.2. The Morgan fingerprint density at radius 3 is 2.19 bits per heavy atom. The molecule has 2 saturated heterocycles. The van der Waals surface area contributed by atoms with Gasteiger partial charge >= 0.3 is 12.1 Å². The quantitative estimate of drug-likeness (QED) is 0.206. The third kappa shape index (κ3) is 8.68. The summed E-state index contributed by atoms with van der Waals surface area (Å²) in [5.74, 6) is -3.12. The fourth-order valence-electron chi connectivity index (χ4n) is 5.73. The number of esters is 1. The highest BCUT2D eigenvalue weighted by Crippen LogP contribution is 2.39. The monoisotopic (exact) mass is 649 g/mol. The fourth-order valence-corrected chi connectivity index (χ4v) is 5.73. The second-order valence-electron chi connectivity index (χ2n) is 12.2. The highest BCUT2D eigenvalue weighted by molar-refractivity contribution is 5.87. The van der Waals surface area contributed by atoms with Gasteiger partial charge in [0.1, 0.15) is 31.2 Å². The van der Waals surface area contributed by atoms with Crippen LogP contribution in [0, 0.1) is 5.92 Å². The number of carbonyl (C=O) groups excluding carboxylic acids is 2. The van der Waals surface area contributed by atoms with E-state index in [1.54, 1.807) is 43.0 Å². The smallest absolute Gasteiger partial charge is 0.414 e. The highest BCUT2D eigenvalue weighted by Gasteiger charge is 2.56.